The maximum Gasteiger partial charge on any atom is 0.267 e. The maximum atomic E-state index is 12.5. The van der Waals surface area contributed by atoms with Gasteiger partial charge in [0.2, 0.25) is 0 Å². The van der Waals surface area contributed by atoms with Gasteiger partial charge in [-0.05, 0) is 24.8 Å². The van der Waals surface area contributed by atoms with E-state index in [4.69, 9.17) is 5.73 Å². The van der Waals surface area contributed by atoms with Gasteiger partial charge < -0.3 is 5.73 Å². The summed E-state index contributed by atoms with van der Waals surface area (Å²) in [5.41, 5.74) is 6.25. The van der Waals surface area contributed by atoms with E-state index in [1.54, 1.807) is 23.9 Å². The molecule has 0 saturated heterocycles. The number of nitrogens with zero attached hydrogens (tertiary/aromatic N) is 2. The van der Waals surface area contributed by atoms with E-state index >= 15 is 0 Å². The number of nitrogens with two attached hydrogens (primary N) is 1. The van der Waals surface area contributed by atoms with Crippen LogP contribution in [-0.4, -0.2) is 24.0 Å². The molecule has 1 aromatic heterocycles. The molecule has 0 aliphatic heterocycles. The number of thioether (sulfide) groups is 1. The lowest BCUT2D eigenvalue weighted by Gasteiger charge is -2.11. The van der Waals surface area contributed by atoms with Crippen molar-refractivity contribution in [3.63, 3.8) is 0 Å². The molecule has 1 heterocycles. The zero-order valence-corrected chi connectivity index (χ0v) is 13.5. The van der Waals surface area contributed by atoms with Crippen molar-refractivity contribution in [1.29, 1.82) is 0 Å². The van der Waals surface area contributed by atoms with Crippen LogP contribution in [0.3, 0.4) is 0 Å². The predicted molar refractivity (Wildman–Crippen MR) is 86.0 cm³/mol. The average molecular weight is 326 g/mol. The zero-order chi connectivity index (χ0) is 15.5. The second-order valence-corrected chi connectivity index (χ2v) is 7.23. The summed E-state index contributed by atoms with van der Waals surface area (Å²) in [7, 11) is -3.75. The van der Waals surface area contributed by atoms with E-state index in [1.807, 2.05) is 26.0 Å². The third-order valence-corrected chi connectivity index (χ3v) is 5.14. The number of hydrogen-bond acceptors (Lipinski definition) is 5. The molecular weight excluding hydrogens is 308 g/mol. The number of para-hydroxylation sites is 1. The number of sulfonamides is 1. The first-order valence-corrected chi connectivity index (χ1v) is 9.02. The van der Waals surface area contributed by atoms with Crippen LogP contribution in [-0.2, 0) is 16.6 Å². The van der Waals surface area contributed by atoms with Crippen LogP contribution in [0.4, 0.5) is 11.5 Å². The highest BCUT2D eigenvalue weighted by atomic mass is 32.2. The number of aryl methyl sites for hydroxylation is 1. The molecule has 0 radical (unpaired) electrons. The van der Waals surface area contributed by atoms with Crippen LogP contribution < -0.4 is 10.5 Å². The lowest BCUT2D eigenvalue weighted by Crippen LogP contribution is -2.14. The van der Waals surface area contributed by atoms with Crippen molar-refractivity contribution >= 4 is 33.3 Å². The van der Waals surface area contributed by atoms with Crippen molar-refractivity contribution < 1.29 is 8.42 Å². The van der Waals surface area contributed by atoms with Gasteiger partial charge in [-0.3, -0.25) is 9.40 Å². The third kappa shape index (κ3) is 3.51. The molecule has 21 heavy (non-hydrogen) atoms. The lowest BCUT2D eigenvalue weighted by molar-refractivity contribution is 0.600. The van der Waals surface area contributed by atoms with Gasteiger partial charge in [-0.1, -0.05) is 19.1 Å². The SMILES string of the molecule is CCSc1ccccc1NS(=O)(=O)c1cn(CC)nc1N. The van der Waals surface area contributed by atoms with E-state index in [2.05, 4.69) is 9.82 Å². The molecule has 8 heteroatoms. The number of rotatable bonds is 6. The second kappa shape index (κ2) is 6.40. The van der Waals surface area contributed by atoms with E-state index in [-0.39, 0.29) is 10.7 Å². The molecule has 0 amide bonds. The molecule has 0 aliphatic carbocycles. The van der Waals surface area contributed by atoms with Crippen LogP contribution >= 0.6 is 11.8 Å². The molecule has 1 aromatic carbocycles. The first kappa shape index (κ1) is 15.7. The summed E-state index contributed by atoms with van der Waals surface area (Å²) >= 11 is 1.57. The maximum absolute atomic E-state index is 12.5. The Morgan fingerprint density at radius 2 is 2.05 bits per heavy atom. The average Bonchev–Trinajstić information content (AvgIpc) is 2.83. The fourth-order valence-electron chi connectivity index (χ4n) is 1.82. The molecule has 0 unspecified atom stereocenters. The fourth-order valence-corrected chi connectivity index (χ4v) is 3.80. The van der Waals surface area contributed by atoms with Gasteiger partial charge in [-0.25, -0.2) is 8.42 Å². The van der Waals surface area contributed by atoms with Crippen LogP contribution in [0.2, 0.25) is 0 Å². The van der Waals surface area contributed by atoms with Crippen LogP contribution in [0.1, 0.15) is 13.8 Å². The van der Waals surface area contributed by atoms with Gasteiger partial charge >= 0.3 is 0 Å². The zero-order valence-electron chi connectivity index (χ0n) is 11.9. The summed E-state index contributed by atoms with van der Waals surface area (Å²) in [5, 5.41) is 3.97. The highest BCUT2D eigenvalue weighted by Gasteiger charge is 2.22. The molecule has 0 atom stereocenters. The van der Waals surface area contributed by atoms with Gasteiger partial charge in [0.25, 0.3) is 10.0 Å². The summed E-state index contributed by atoms with van der Waals surface area (Å²) in [6.45, 7) is 4.44. The van der Waals surface area contributed by atoms with Crippen molar-refractivity contribution in [1.82, 2.24) is 9.78 Å². The normalized spacial score (nSPS) is 11.5. The predicted octanol–water partition coefficient (Wildman–Crippen LogP) is 2.40. The number of nitrogens with one attached hydrogen (secondary N) is 1. The molecule has 114 valence electrons. The number of anilines is 2. The summed E-state index contributed by atoms with van der Waals surface area (Å²) in [4.78, 5) is 0.880. The highest BCUT2D eigenvalue weighted by molar-refractivity contribution is 7.99. The monoisotopic (exact) mass is 326 g/mol. The van der Waals surface area contributed by atoms with E-state index in [1.165, 1.54) is 10.9 Å². The Balaban J connectivity index is 2.35. The minimum absolute atomic E-state index is 0.000603. The van der Waals surface area contributed by atoms with Crippen LogP contribution in [0.5, 0.6) is 0 Å². The van der Waals surface area contributed by atoms with Crippen molar-refractivity contribution in [2.24, 2.45) is 0 Å². The van der Waals surface area contributed by atoms with E-state index < -0.39 is 10.0 Å². The van der Waals surface area contributed by atoms with E-state index in [9.17, 15) is 8.42 Å². The quantitative estimate of drug-likeness (QED) is 0.796. The van der Waals surface area contributed by atoms with Crippen LogP contribution in [0.25, 0.3) is 0 Å². The minimum Gasteiger partial charge on any atom is -0.381 e. The molecule has 3 N–H and O–H groups in total. The van der Waals surface area contributed by atoms with Crippen molar-refractivity contribution in [3.05, 3.63) is 30.5 Å². The molecule has 0 saturated carbocycles. The summed E-state index contributed by atoms with van der Waals surface area (Å²) in [6.07, 6.45) is 1.44. The topological polar surface area (TPSA) is 90.0 Å². The molecule has 0 bridgehead atoms. The number of benzene rings is 1. The highest BCUT2D eigenvalue weighted by Crippen LogP contribution is 2.29. The molecule has 6 nitrogen and oxygen atoms in total. The Hall–Kier alpha value is -1.67. The van der Waals surface area contributed by atoms with E-state index in [0.29, 0.717) is 12.2 Å². The summed E-state index contributed by atoms with van der Waals surface area (Å²) in [5.74, 6) is 0.860. The fraction of sp³-hybridized carbons (Fsp3) is 0.308. The summed E-state index contributed by atoms with van der Waals surface area (Å²) in [6, 6.07) is 7.27. The standard InChI is InChI=1S/C13H18N4O2S2/c1-3-17-9-12(13(14)15-17)21(18,19)16-10-7-5-6-8-11(10)20-4-2/h5-9,16H,3-4H2,1-2H3,(H2,14,15). The molecule has 2 aromatic rings. The molecule has 0 aliphatic rings. The van der Waals surface area contributed by atoms with Crippen molar-refractivity contribution in [2.45, 2.75) is 30.2 Å². The molecular formula is C13H18N4O2S2. The third-order valence-electron chi connectivity index (χ3n) is 2.80. The second-order valence-electron chi connectivity index (χ2n) is 4.27. The van der Waals surface area contributed by atoms with Gasteiger partial charge in [-0.2, -0.15) is 5.10 Å². The van der Waals surface area contributed by atoms with Gasteiger partial charge in [0.1, 0.15) is 4.90 Å². The minimum atomic E-state index is -3.75. The molecule has 0 spiro atoms. The van der Waals surface area contributed by atoms with Crippen molar-refractivity contribution in [3.8, 4) is 0 Å². The van der Waals surface area contributed by atoms with Gasteiger partial charge in [0.05, 0.1) is 5.69 Å². The Morgan fingerprint density at radius 3 is 2.67 bits per heavy atom. The molecule has 2 rings (SSSR count). The Labute approximate surface area is 128 Å². The number of aromatic nitrogens is 2. The van der Waals surface area contributed by atoms with Gasteiger partial charge in [0, 0.05) is 17.6 Å². The first-order valence-electron chi connectivity index (χ1n) is 6.55. The largest absolute Gasteiger partial charge is 0.381 e. The van der Waals surface area contributed by atoms with E-state index in [0.717, 1.165) is 10.6 Å². The van der Waals surface area contributed by atoms with Gasteiger partial charge in [-0.15, -0.1) is 11.8 Å². The van der Waals surface area contributed by atoms with Crippen LogP contribution in [0, 0.1) is 0 Å². The Bertz CT molecular complexity index is 726. The first-order chi connectivity index (χ1) is 9.97. The lowest BCUT2D eigenvalue weighted by atomic mass is 10.3. The number of nitrogen functional groups attached to an aromatic ring is 1. The van der Waals surface area contributed by atoms with Crippen LogP contribution in [0.15, 0.2) is 40.3 Å². The summed E-state index contributed by atoms with van der Waals surface area (Å²) < 4.78 is 29.0. The Kier molecular flexibility index (Phi) is 4.79. The van der Waals surface area contributed by atoms with Crippen molar-refractivity contribution in [2.75, 3.05) is 16.2 Å². The Morgan fingerprint density at radius 1 is 1.33 bits per heavy atom. The number of hydrogen-bond donors (Lipinski definition) is 2. The smallest absolute Gasteiger partial charge is 0.267 e. The van der Waals surface area contributed by atoms with Gasteiger partial charge in [0.15, 0.2) is 5.82 Å². The molecule has 0 fully saturated rings.